The molecule has 2 aromatic carbocycles. The molecular formula is C21H22N2O5S. The van der Waals surface area contributed by atoms with Crippen molar-refractivity contribution in [1.82, 2.24) is 4.31 Å². The van der Waals surface area contributed by atoms with Gasteiger partial charge in [-0.2, -0.15) is 4.31 Å². The summed E-state index contributed by atoms with van der Waals surface area (Å²) in [5.74, 6) is 0.194. The fraction of sp³-hybridized carbons (Fsp3) is 0.238. The molecule has 8 heteroatoms. The second kappa shape index (κ2) is 8.59. The van der Waals surface area contributed by atoms with Gasteiger partial charge in [-0.05, 0) is 49.7 Å². The molecule has 1 N–H and O–H groups in total. The highest BCUT2D eigenvalue weighted by Crippen LogP contribution is 2.23. The van der Waals surface area contributed by atoms with Gasteiger partial charge in [0.25, 0.3) is 5.91 Å². The Morgan fingerprint density at radius 3 is 2.41 bits per heavy atom. The van der Waals surface area contributed by atoms with Crippen LogP contribution in [0.5, 0.6) is 5.75 Å². The van der Waals surface area contributed by atoms with E-state index in [1.807, 2.05) is 0 Å². The number of carbonyl (C=O) groups is 2. The molecule has 0 spiro atoms. The van der Waals surface area contributed by atoms with Crippen molar-refractivity contribution in [2.75, 3.05) is 25.5 Å². The van der Waals surface area contributed by atoms with Crippen molar-refractivity contribution in [3.8, 4) is 5.75 Å². The van der Waals surface area contributed by atoms with Crippen LogP contribution in [0.2, 0.25) is 0 Å². The Hall–Kier alpha value is -2.97. The summed E-state index contributed by atoms with van der Waals surface area (Å²) < 4.78 is 31.9. The number of benzene rings is 2. The minimum atomic E-state index is -3.65. The molecule has 3 rings (SSSR count). The second-order valence-electron chi connectivity index (χ2n) is 6.61. The highest BCUT2D eigenvalue weighted by atomic mass is 32.2. The fourth-order valence-electron chi connectivity index (χ4n) is 3.00. The van der Waals surface area contributed by atoms with Crippen LogP contribution in [0.1, 0.15) is 23.7 Å². The van der Waals surface area contributed by atoms with Crippen LogP contribution in [0.4, 0.5) is 5.69 Å². The highest BCUT2D eigenvalue weighted by molar-refractivity contribution is 7.89. The molecule has 1 aliphatic rings. The van der Waals surface area contributed by atoms with E-state index in [1.165, 1.54) is 30.5 Å². The highest BCUT2D eigenvalue weighted by Gasteiger charge is 2.27. The molecule has 0 bridgehead atoms. The molecule has 0 unspecified atom stereocenters. The van der Waals surface area contributed by atoms with Gasteiger partial charge in [-0.15, -0.1) is 0 Å². The van der Waals surface area contributed by atoms with Crippen LogP contribution < -0.4 is 10.1 Å². The van der Waals surface area contributed by atoms with E-state index in [1.54, 1.807) is 42.5 Å². The number of Topliss-reactive ketones (excluding diaryl/α,β-unsaturated/α-hetero) is 1. The largest absolute Gasteiger partial charge is 0.497 e. The first kappa shape index (κ1) is 20.8. The molecule has 0 aliphatic carbocycles. The van der Waals surface area contributed by atoms with Crippen LogP contribution in [-0.2, 0) is 14.8 Å². The smallest absolute Gasteiger partial charge is 0.251 e. The van der Waals surface area contributed by atoms with Crippen molar-refractivity contribution < 1.29 is 22.7 Å². The predicted octanol–water partition coefficient (Wildman–Crippen LogP) is 2.86. The van der Waals surface area contributed by atoms with Crippen molar-refractivity contribution in [3.63, 3.8) is 0 Å². The number of ether oxygens (including phenoxy) is 1. The molecular weight excluding hydrogens is 392 g/mol. The topological polar surface area (TPSA) is 92.8 Å². The zero-order valence-corrected chi connectivity index (χ0v) is 17.0. The molecule has 1 heterocycles. The first-order chi connectivity index (χ1) is 13.8. The summed E-state index contributed by atoms with van der Waals surface area (Å²) in [6, 6.07) is 12.9. The minimum Gasteiger partial charge on any atom is -0.497 e. The van der Waals surface area contributed by atoms with Gasteiger partial charge in [0.15, 0.2) is 5.78 Å². The molecule has 0 saturated carbocycles. The van der Waals surface area contributed by atoms with E-state index < -0.39 is 10.0 Å². The molecule has 29 heavy (non-hydrogen) atoms. The number of amides is 1. The zero-order valence-electron chi connectivity index (χ0n) is 16.2. The Balaban J connectivity index is 1.68. The van der Waals surface area contributed by atoms with E-state index >= 15 is 0 Å². The molecule has 7 nitrogen and oxygen atoms in total. The number of ketones is 1. The molecule has 0 radical (unpaired) electrons. The number of carbonyl (C=O) groups excluding carboxylic acids is 2. The van der Waals surface area contributed by atoms with Crippen LogP contribution in [0, 0.1) is 0 Å². The molecule has 0 aromatic heterocycles. The molecule has 152 valence electrons. The Morgan fingerprint density at radius 2 is 1.83 bits per heavy atom. The molecule has 1 amide bonds. The van der Waals surface area contributed by atoms with Crippen molar-refractivity contribution in [2.24, 2.45) is 0 Å². The number of methoxy groups -OCH3 is 1. The monoisotopic (exact) mass is 414 g/mol. The molecule has 1 aliphatic heterocycles. The van der Waals surface area contributed by atoms with Crippen LogP contribution >= 0.6 is 0 Å². The zero-order chi connectivity index (χ0) is 21.0. The van der Waals surface area contributed by atoms with Crippen molar-refractivity contribution in [3.05, 3.63) is 65.7 Å². The average molecular weight is 414 g/mol. The van der Waals surface area contributed by atoms with E-state index in [-0.39, 0.29) is 29.7 Å². The first-order valence-corrected chi connectivity index (χ1v) is 10.5. The van der Waals surface area contributed by atoms with E-state index in [4.69, 9.17) is 4.74 Å². The summed E-state index contributed by atoms with van der Waals surface area (Å²) in [4.78, 5) is 24.2. The number of hydrogen-bond acceptors (Lipinski definition) is 5. The average Bonchev–Trinajstić information content (AvgIpc) is 2.74. The number of sulfonamides is 1. The Morgan fingerprint density at radius 1 is 1.10 bits per heavy atom. The molecule has 0 fully saturated rings. The maximum atomic E-state index is 12.8. The summed E-state index contributed by atoms with van der Waals surface area (Å²) >= 11 is 0. The second-order valence-corrected chi connectivity index (χ2v) is 8.55. The van der Waals surface area contributed by atoms with Gasteiger partial charge < -0.3 is 10.1 Å². The predicted molar refractivity (Wildman–Crippen MR) is 110 cm³/mol. The maximum absolute atomic E-state index is 12.8. The van der Waals surface area contributed by atoms with Crippen molar-refractivity contribution in [1.29, 1.82) is 0 Å². The summed E-state index contributed by atoms with van der Waals surface area (Å²) in [6.45, 7) is 1.79. The Bertz CT molecular complexity index is 1060. The number of nitrogens with one attached hydrogen (secondary N) is 1. The fourth-order valence-corrected chi connectivity index (χ4v) is 4.38. The van der Waals surface area contributed by atoms with Gasteiger partial charge in [0, 0.05) is 29.9 Å². The lowest BCUT2D eigenvalue weighted by atomic mass is 10.1. The maximum Gasteiger partial charge on any atom is 0.251 e. The van der Waals surface area contributed by atoms with Gasteiger partial charge in [0.2, 0.25) is 10.0 Å². The van der Waals surface area contributed by atoms with Crippen LogP contribution in [0.15, 0.2) is 65.1 Å². The SMILES string of the molecule is COc1ccc(S(=O)(=O)N2CC=C(C(=O)Nc3cccc(C(C)=O)c3)CC2)cc1. The Kier molecular flexibility index (Phi) is 6.14. The molecule has 2 aromatic rings. The molecule has 0 saturated heterocycles. The standard InChI is InChI=1S/C21H22N2O5S/c1-15(24)17-4-3-5-18(14-17)22-21(25)16-10-12-23(13-11-16)29(26,27)20-8-6-19(28-2)7-9-20/h3-10,14H,11-13H2,1-2H3,(H,22,25). The van der Waals surface area contributed by atoms with Crippen LogP contribution in [0.3, 0.4) is 0 Å². The summed E-state index contributed by atoms with van der Waals surface area (Å²) in [6.07, 6.45) is 1.92. The van der Waals surface area contributed by atoms with Gasteiger partial charge >= 0.3 is 0 Å². The number of nitrogens with zero attached hydrogens (tertiary/aromatic N) is 1. The first-order valence-electron chi connectivity index (χ1n) is 9.07. The van der Waals surface area contributed by atoms with E-state index in [9.17, 15) is 18.0 Å². The third-order valence-electron chi connectivity index (χ3n) is 4.69. The van der Waals surface area contributed by atoms with E-state index in [2.05, 4.69) is 5.32 Å². The van der Waals surface area contributed by atoms with Gasteiger partial charge in [-0.1, -0.05) is 18.2 Å². The van der Waals surface area contributed by atoms with E-state index in [0.29, 0.717) is 29.0 Å². The lowest BCUT2D eigenvalue weighted by molar-refractivity contribution is -0.113. The lowest BCUT2D eigenvalue weighted by Crippen LogP contribution is -2.36. The summed E-state index contributed by atoms with van der Waals surface area (Å²) in [7, 11) is -2.13. The van der Waals surface area contributed by atoms with Crippen molar-refractivity contribution >= 4 is 27.4 Å². The number of anilines is 1. The van der Waals surface area contributed by atoms with E-state index in [0.717, 1.165) is 0 Å². The number of rotatable bonds is 6. The van der Waals surface area contributed by atoms with Gasteiger partial charge in [0.1, 0.15) is 5.75 Å². The van der Waals surface area contributed by atoms with Gasteiger partial charge in [0.05, 0.1) is 12.0 Å². The van der Waals surface area contributed by atoms with Gasteiger partial charge in [-0.3, -0.25) is 9.59 Å². The summed E-state index contributed by atoms with van der Waals surface area (Å²) in [5, 5.41) is 2.76. The third kappa shape index (κ3) is 4.72. The summed E-state index contributed by atoms with van der Waals surface area (Å²) in [5.41, 5.74) is 1.55. The van der Waals surface area contributed by atoms with Crippen molar-refractivity contribution in [2.45, 2.75) is 18.2 Å². The minimum absolute atomic E-state index is 0.0858. The van der Waals surface area contributed by atoms with Crippen LogP contribution in [0.25, 0.3) is 0 Å². The normalized spacial score (nSPS) is 14.8. The number of hydrogen-bond donors (Lipinski definition) is 1. The quantitative estimate of drug-likeness (QED) is 0.734. The lowest BCUT2D eigenvalue weighted by Gasteiger charge is -2.25. The Labute approximate surface area is 170 Å². The molecule has 0 atom stereocenters. The third-order valence-corrected chi connectivity index (χ3v) is 6.57. The van der Waals surface area contributed by atoms with Crippen LogP contribution in [-0.4, -0.2) is 44.6 Å². The van der Waals surface area contributed by atoms with Gasteiger partial charge in [-0.25, -0.2) is 8.42 Å².